The van der Waals surface area contributed by atoms with E-state index in [1.54, 1.807) is 19.2 Å². The SMILES string of the molecule is C[C@H](OC(=O)/C=C/c1nc2ccccc2o1)C(=O)N(C)C1(C#N)CCCCC1. The second-order valence-corrected chi connectivity index (χ2v) is 7.03. The van der Waals surface area contributed by atoms with Crippen molar-refractivity contribution in [1.82, 2.24) is 9.88 Å². The zero-order valence-corrected chi connectivity index (χ0v) is 16.1. The summed E-state index contributed by atoms with van der Waals surface area (Å²) in [5, 5.41) is 9.61. The van der Waals surface area contributed by atoms with Crippen LogP contribution in [0.1, 0.15) is 44.9 Å². The van der Waals surface area contributed by atoms with Gasteiger partial charge in [0.2, 0.25) is 5.89 Å². The van der Waals surface area contributed by atoms with Crippen molar-refractivity contribution >= 4 is 29.1 Å². The van der Waals surface area contributed by atoms with E-state index < -0.39 is 17.6 Å². The summed E-state index contributed by atoms with van der Waals surface area (Å²) in [7, 11) is 1.61. The Kier molecular flexibility index (Phi) is 5.78. The smallest absolute Gasteiger partial charge is 0.331 e. The lowest BCUT2D eigenvalue weighted by atomic mass is 9.81. The van der Waals surface area contributed by atoms with Crippen molar-refractivity contribution in [3.05, 3.63) is 36.2 Å². The van der Waals surface area contributed by atoms with Crippen LogP contribution in [0.5, 0.6) is 0 Å². The molecule has 1 aromatic heterocycles. The maximum absolute atomic E-state index is 12.7. The molecule has 1 aliphatic rings. The van der Waals surface area contributed by atoms with E-state index in [2.05, 4.69) is 11.1 Å². The second-order valence-electron chi connectivity index (χ2n) is 7.03. The van der Waals surface area contributed by atoms with Crippen molar-refractivity contribution in [3.63, 3.8) is 0 Å². The van der Waals surface area contributed by atoms with Gasteiger partial charge in [-0.25, -0.2) is 9.78 Å². The van der Waals surface area contributed by atoms with Crippen LogP contribution in [-0.4, -0.2) is 40.5 Å². The van der Waals surface area contributed by atoms with Crippen LogP contribution in [0.4, 0.5) is 0 Å². The quantitative estimate of drug-likeness (QED) is 0.581. The van der Waals surface area contributed by atoms with Gasteiger partial charge in [0.05, 0.1) is 6.07 Å². The lowest BCUT2D eigenvalue weighted by Gasteiger charge is -2.39. The van der Waals surface area contributed by atoms with Crippen LogP contribution in [-0.2, 0) is 14.3 Å². The molecule has 2 aromatic rings. The third-order valence-corrected chi connectivity index (χ3v) is 5.17. The summed E-state index contributed by atoms with van der Waals surface area (Å²) in [5.74, 6) is -0.780. The number of aromatic nitrogens is 1. The van der Waals surface area contributed by atoms with Crippen molar-refractivity contribution in [1.29, 1.82) is 5.26 Å². The summed E-state index contributed by atoms with van der Waals surface area (Å²) in [6, 6.07) is 9.56. The van der Waals surface area contributed by atoms with Crippen LogP contribution in [0.25, 0.3) is 17.2 Å². The van der Waals surface area contributed by atoms with Crippen molar-refractivity contribution in [3.8, 4) is 6.07 Å². The van der Waals surface area contributed by atoms with Gasteiger partial charge >= 0.3 is 5.97 Å². The minimum Gasteiger partial charge on any atom is -0.449 e. The Morgan fingerprint density at radius 1 is 1.32 bits per heavy atom. The fourth-order valence-electron chi connectivity index (χ4n) is 3.51. The number of benzene rings is 1. The third kappa shape index (κ3) is 4.06. The first kappa shape index (κ1) is 19.6. The number of ether oxygens (including phenoxy) is 1. The molecule has 1 fully saturated rings. The Labute approximate surface area is 163 Å². The highest BCUT2D eigenvalue weighted by atomic mass is 16.5. The molecule has 3 rings (SSSR count). The minimum atomic E-state index is -0.988. The Hall–Kier alpha value is -3.14. The summed E-state index contributed by atoms with van der Waals surface area (Å²) < 4.78 is 10.7. The summed E-state index contributed by atoms with van der Waals surface area (Å²) in [6.07, 6.45) is 5.76. The van der Waals surface area contributed by atoms with E-state index in [0.717, 1.165) is 19.3 Å². The van der Waals surface area contributed by atoms with Gasteiger partial charge in [-0.05, 0) is 31.9 Å². The topological polar surface area (TPSA) is 96.4 Å². The van der Waals surface area contributed by atoms with Crippen molar-refractivity contribution in [2.75, 3.05) is 7.05 Å². The zero-order valence-electron chi connectivity index (χ0n) is 16.1. The maximum atomic E-state index is 12.7. The zero-order chi connectivity index (χ0) is 20.1. The first-order valence-electron chi connectivity index (χ1n) is 9.38. The number of fused-ring (bicyclic) bond motifs is 1. The Balaban J connectivity index is 1.61. The molecule has 0 N–H and O–H groups in total. The van der Waals surface area contributed by atoms with Crippen LogP contribution in [0.2, 0.25) is 0 Å². The average molecular weight is 381 g/mol. The number of hydrogen-bond donors (Lipinski definition) is 0. The molecule has 1 amide bonds. The number of esters is 1. The molecule has 0 spiro atoms. The number of oxazole rings is 1. The molecule has 1 atom stereocenters. The van der Waals surface area contributed by atoms with E-state index in [1.165, 1.54) is 24.0 Å². The fraction of sp³-hybridized carbons (Fsp3) is 0.429. The van der Waals surface area contributed by atoms with Crippen molar-refractivity contribution in [2.45, 2.75) is 50.7 Å². The van der Waals surface area contributed by atoms with E-state index >= 15 is 0 Å². The molecular formula is C21H23N3O4. The number of hydrogen-bond acceptors (Lipinski definition) is 6. The van der Waals surface area contributed by atoms with Gasteiger partial charge in [0, 0.05) is 19.2 Å². The van der Waals surface area contributed by atoms with Crippen LogP contribution in [0.15, 0.2) is 34.8 Å². The van der Waals surface area contributed by atoms with E-state index in [4.69, 9.17) is 9.15 Å². The Morgan fingerprint density at radius 2 is 2.04 bits per heavy atom. The molecule has 1 aromatic carbocycles. The molecule has 7 heteroatoms. The van der Waals surface area contributed by atoms with Gasteiger partial charge in [-0.2, -0.15) is 5.26 Å². The van der Waals surface area contributed by atoms with Gasteiger partial charge < -0.3 is 14.1 Å². The molecule has 0 saturated heterocycles. The number of rotatable bonds is 5. The fourth-order valence-corrected chi connectivity index (χ4v) is 3.51. The lowest BCUT2D eigenvalue weighted by molar-refractivity contribution is -0.157. The highest BCUT2D eigenvalue weighted by Gasteiger charge is 2.40. The molecule has 0 radical (unpaired) electrons. The molecule has 1 saturated carbocycles. The van der Waals surface area contributed by atoms with E-state index in [9.17, 15) is 14.9 Å². The molecule has 1 aliphatic carbocycles. The number of nitrogens with zero attached hydrogens (tertiary/aromatic N) is 3. The van der Waals surface area contributed by atoms with E-state index in [-0.39, 0.29) is 11.8 Å². The summed E-state index contributed by atoms with van der Waals surface area (Å²) in [4.78, 5) is 30.4. The molecule has 0 bridgehead atoms. The number of carbonyl (C=O) groups is 2. The standard InChI is InChI=1S/C21H23N3O4/c1-15(20(26)24(2)21(14-22)12-6-3-7-13-21)27-19(25)11-10-18-23-16-8-4-5-9-17(16)28-18/h4-5,8-11,15H,3,6-7,12-13H2,1-2H3/b11-10+/t15-/m0/s1. The lowest BCUT2D eigenvalue weighted by Crippen LogP contribution is -2.53. The summed E-state index contributed by atoms with van der Waals surface area (Å²) >= 11 is 0. The summed E-state index contributed by atoms with van der Waals surface area (Å²) in [6.45, 7) is 1.51. The highest BCUT2D eigenvalue weighted by Crippen LogP contribution is 2.32. The van der Waals surface area contributed by atoms with Gasteiger partial charge in [-0.3, -0.25) is 4.79 Å². The molecule has 146 valence electrons. The predicted octanol–water partition coefficient (Wildman–Crippen LogP) is 3.46. The molecule has 0 unspecified atom stereocenters. The second kappa shape index (κ2) is 8.26. The van der Waals surface area contributed by atoms with Gasteiger partial charge in [0.15, 0.2) is 11.7 Å². The normalized spacial score (nSPS) is 17.2. The molecule has 7 nitrogen and oxygen atoms in total. The number of carbonyl (C=O) groups excluding carboxylic acids is 2. The molecule has 0 aliphatic heterocycles. The average Bonchev–Trinajstić information content (AvgIpc) is 3.14. The number of likely N-dealkylation sites (N-methyl/N-ethyl adjacent to an activating group) is 1. The van der Waals surface area contributed by atoms with Crippen LogP contribution >= 0.6 is 0 Å². The van der Waals surface area contributed by atoms with E-state index in [0.29, 0.717) is 23.9 Å². The van der Waals surface area contributed by atoms with Crippen LogP contribution in [0.3, 0.4) is 0 Å². The summed E-state index contributed by atoms with van der Waals surface area (Å²) in [5.41, 5.74) is 0.495. The van der Waals surface area contributed by atoms with Gasteiger partial charge in [-0.15, -0.1) is 0 Å². The first-order chi connectivity index (χ1) is 13.4. The van der Waals surface area contributed by atoms with Gasteiger partial charge in [0.1, 0.15) is 11.1 Å². The van der Waals surface area contributed by atoms with Gasteiger partial charge in [-0.1, -0.05) is 31.4 Å². The third-order valence-electron chi connectivity index (χ3n) is 5.17. The van der Waals surface area contributed by atoms with Crippen LogP contribution in [0, 0.1) is 11.3 Å². The largest absolute Gasteiger partial charge is 0.449 e. The Morgan fingerprint density at radius 3 is 2.71 bits per heavy atom. The number of nitriles is 1. The Bertz CT molecular complexity index is 902. The van der Waals surface area contributed by atoms with Crippen molar-refractivity contribution in [2.24, 2.45) is 0 Å². The highest BCUT2D eigenvalue weighted by molar-refractivity contribution is 5.90. The van der Waals surface area contributed by atoms with Crippen molar-refractivity contribution < 1.29 is 18.7 Å². The molecule has 28 heavy (non-hydrogen) atoms. The van der Waals surface area contributed by atoms with Crippen LogP contribution < -0.4 is 0 Å². The maximum Gasteiger partial charge on any atom is 0.331 e. The first-order valence-corrected chi connectivity index (χ1v) is 9.38. The molecule has 1 heterocycles. The number of amides is 1. The predicted molar refractivity (Wildman–Crippen MR) is 103 cm³/mol. The van der Waals surface area contributed by atoms with E-state index in [1.807, 2.05) is 12.1 Å². The van der Waals surface area contributed by atoms with Gasteiger partial charge in [0.25, 0.3) is 5.91 Å². The monoisotopic (exact) mass is 381 g/mol. The minimum absolute atomic E-state index is 0.278. The molecular weight excluding hydrogens is 358 g/mol. The number of para-hydroxylation sites is 2.